The van der Waals surface area contributed by atoms with E-state index in [4.69, 9.17) is 36.1 Å². The molecule has 0 fully saturated rings. The number of anilines is 3. The van der Waals surface area contributed by atoms with Gasteiger partial charge in [-0.2, -0.15) is 10.2 Å². The average Bonchev–Trinajstić information content (AvgIpc) is 2.76. The van der Waals surface area contributed by atoms with Crippen LogP contribution in [0.1, 0.15) is 28.2 Å². The molecule has 9 heteroatoms. The van der Waals surface area contributed by atoms with E-state index in [2.05, 4.69) is 4.98 Å². The summed E-state index contributed by atoms with van der Waals surface area (Å²) in [5.41, 5.74) is 21.2. The normalized spacial score (nSPS) is 13.9. The minimum absolute atomic E-state index is 0.00487. The highest BCUT2D eigenvalue weighted by Crippen LogP contribution is 2.52. The standard InChI is InChI=1S/C22H21N5O4/c1-28-15-6-10(7-16(29-2)20(15)30-3)17-12-5-4-11(24)8-14(12)31-22-18(17)19(25)13(9-23)21(26)27-22/h4-8,17H,24H2,1-3H3,(H4,25,26,27). The Labute approximate surface area is 178 Å². The average molecular weight is 419 g/mol. The Bertz CT molecular complexity index is 1210. The van der Waals surface area contributed by atoms with Gasteiger partial charge in [0.15, 0.2) is 11.5 Å². The quantitative estimate of drug-likeness (QED) is 0.424. The molecule has 1 aliphatic rings. The van der Waals surface area contributed by atoms with Crippen LogP contribution < -0.4 is 36.1 Å². The molecule has 0 radical (unpaired) electrons. The minimum Gasteiger partial charge on any atom is -0.493 e. The van der Waals surface area contributed by atoms with Crippen molar-refractivity contribution in [1.29, 1.82) is 5.26 Å². The number of methoxy groups -OCH3 is 3. The number of ether oxygens (including phenoxy) is 4. The number of hydrogen-bond donors (Lipinski definition) is 3. The van der Waals surface area contributed by atoms with E-state index in [0.29, 0.717) is 34.2 Å². The van der Waals surface area contributed by atoms with Crippen molar-refractivity contribution in [2.24, 2.45) is 0 Å². The fraction of sp³-hybridized carbons (Fsp3) is 0.182. The third-order valence-corrected chi connectivity index (χ3v) is 5.24. The van der Waals surface area contributed by atoms with E-state index in [1.54, 1.807) is 12.1 Å². The molecule has 158 valence electrons. The molecule has 0 amide bonds. The smallest absolute Gasteiger partial charge is 0.227 e. The molecular weight excluding hydrogens is 398 g/mol. The van der Waals surface area contributed by atoms with Crippen molar-refractivity contribution in [1.82, 2.24) is 4.98 Å². The number of nitrogens with two attached hydrogens (primary N) is 3. The summed E-state index contributed by atoms with van der Waals surface area (Å²) in [6, 6.07) is 11.0. The predicted molar refractivity (Wildman–Crippen MR) is 116 cm³/mol. The van der Waals surface area contributed by atoms with Crippen molar-refractivity contribution in [2.45, 2.75) is 5.92 Å². The zero-order valence-corrected chi connectivity index (χ0v) is 17.2. The summed E-state index contributed by atoms with van der Waals surface area (Å²) in [6.45, 7) is 0. The lowest BCUT2D eigenvalue weighted by atomic mass is 9.81. The first-order valence-corrected chi connectivity index (χ1v) is 9.29. The Kier molecular flexibility index (Phi) is 4.83. The van der Waals surface area contributed by atoms with Crippen LogP contribution in [-0.4, -0.2) is 26.3 Å². The highest BCUT2D eigenvalue weighted by Gasteiger charge is 2.35. The summed E-state index contributed by atoms with van der Waals surface area (Å²) in [7, 11) is 4.61. The van der Waals surface area contributed by atoms with Gasteiger partial charge in [-0.1, -0.05) is 6.07 Å². The zero-order chi connectivity index (χ0) is 22.3. The number of rotatable bonds is 4. The Morgan fingerprint density at radius 3 is 2.26 bits per heavy atom. The van der Waals surface area contributed by atoms with Gasteiger partial charge in [0.1, 0.15) is 23.2 Å². The molecule has 2 aromatic carbocycles. The van der Waals surface area contributed by atoms with Crippen LogP contribution in [0.3, 0.4) is 0 Å². The van der Waals surface area contributed by atoms with Gasteiger partial charge in [0, 0.05) is 23.2 Å². The first-order chi connectivity index (χ1) is 14.9. The molecular formula is C22H21N5O4. The van der Waals surface area contributed by atoms with E-state index in [1.165, 1.54) is 21.3 Å². The van der Waals surface area contributed by atoms with Gasteiger partial charge in [0.2, 0.25) is 11.6 Å². The van der Waals surface area contributed by atoms with Gasteiger partial charge in [-0.15, -0.1) is 0 Å². The molecule has 2 heterocycles. The number of pyridine rings is 1. The first kappa shape index (κ1) is 20.0. The second-order valence-corrected chi connectivity index (χ2v) is 6.91. The van der Waals surface area contributed by atoms with E-state index in [0.717, 1.165) is 11.1 Å². The van der Waals surface area contributed by atoms with Crippen LogP contribution in [0.15, 0.2) is 30.3 Å². The maximum atomic E-state index is 9.56. The molecule has 9 nitrogen and oxygen atoms in total. The summed E-state index contributed by atoms with van der Waals surface area (Å²) in [4.78, 5) is 4.29. The van der Waals surface area contributed by atoms with Gasteiger partial charge >= 0.3 is 0 Å². The van der Waals surface area contributed by atoms with Crippen LogP contribution in [0.5, 0.6) is 28.9 Å². The summed E-state index contributed by atoms with van der Waals surface area (Å²) in [5.74, 6) is 1.68. The minimum atomic E-state index is -0.451. The number of aromatic nitrogens is 1. The van der Waals surface area contributed by atoms with Crippen molar-refractivity contribution < 1.29 is 18.9 Å². The molecule has 3 aromatic rings. The molecule has 31 heavy (non-hydrogen) atoms. The molecule has 1 aromatic heterocycles. The molecule has 1 atom stereocenters. The molecule has 6 N–H and O–H groups in total. The Morgan fingerprint density at radius 2 is 1.68 bits per heavy atom. The maximum absolute atomic E-state index is 9.56. The monoisotopic (exact) mass is 419 g/mol. The summed E-state index contributed by atoms with van der Waals surface area (Å²) < 4.78 is 22.5. The van der Waals surface area contributed by atoms with Crippen LogP contribution in [-0.2, 0) is 0 Å². The van der Waals surface area contributed by atoms with Crippen LogP contribution >= 0.6 is 0 Å². The van der Waals surface area contributed by atoms with Crippen molar-refractivity contribution in [2.75, 3.05) is 38.5 Å². The van der Waals surface area contributed by atoms with Crippen molar-refractivity contribution in [3.8, 4) is 34.9 Å². The molecule has 0 saturated heterocycles. The summed E-state index contributed by atoms with van der Waals surface area (Å²) >= 11 is 0. The van der Waals surface area contributed by atoms with Gasteiger partial charge < -0.3 is 36.1 Å². The lowest BCUT2D eigenvalue weighted by Gasteiger charge is -2.30. The van der Waals surface area contributed by atoms with E-state index < -0.39 is 5.92 Å². The number of nitriles is 1. The van der Waals surface area contributed by atoms with Gasteiger partial charge in [0.25, 0.3) is 0 Å². The predicted octanol–water partition coefficient (Wildman–Crippen LogP) is 3.01. The van der Waals surface area contributed by atoms with Crippen molar-refractivity contribution >= 4 is 17.2 Å². The molecule has 0 saturated carbocycles. The summed E-state index contributed by atoms with van der Waals surface area (Å²) in [5, 5.41) is 9.56. The van der Waals surface area contributed by atoms with Crippen LogP contribution in [0.4, 0.5) is 17.2 Å². The van der Waals surface area contributed by atoms with E-state index in [9.17, 15) is 5.26 Å². The maximum Gasteiger partial charge on any atom is 0.227 e. The van der Waals surface area contributed by atoms with Crippen LogP contribution in [0.2, 0.25) is 0 Å². The van der Waals surface area contributed by atoms with Gasteiger partial charge in [-0.05, 0) is 23.8 Å². The van der Waals surface area contributed by atoms with Gasteiger partial charge in [0.05, 0.1) is 32.6 Å². The third-order valence-electron chi connectivity index (χ3n) is 5.24. The molecule has 4 rings (SSSR count). The van der Waals surface area contributed by atoms with Crippen molar-refractivity contribution in [3.63, 3.8) is 0 Å². The summed E-state index contributed by atoms with van der Waals surface area (Å²) in [6.07, 6.45) is 0. The molecule has 1 aliphatic heterocycles. The third kappa shape index (κ3) is 3.05. The Morgan fingerprint density at radius 1 is 1.00 bits per heavy atom. The van der Waals surface area contributed by atoms with E-state index in [-0.39, 0.29) is 22.9 Å². The highest BCUT2D eigenvalue weighted by molar-refractivity contribution is 5.76. The lowest BCUT2D eigenvalue weighted by molar-refractivity contribution is 0.323. The second kappa shape index (κ2) is 7.50. The van der Waals surface area contributed by atoms with Crippen molar-refractivity contribution in [3.05, 3.63) is 52.6 Å². The SMILES string of the molecule is COc1cc(C2c3ccc(N)cc3Oc3nc(N)c(C#N)c(N)c32)cc(OC)c1OC. The number of hydrogen-bond acceptors (Lipinski definition) is 9. The van der Waals surface area contributed by atoms with Crippen LogP contribution in [0.25, 0.3) is 0 Å². The lowest BCUT2D eigenvalue weighted by Crippen LogP contribution is -2.17. The molecule has 1 unspecified atom stereocenters. The Balaban J connectivity index is 2.06. The largest absolute Gasteiger partial charge is 0.493 e. The fourth-order valence-corrected chi connectivity index (χ4v) is 3.84. The molecule has 0 bridgehead atoms. The first-order valence-electron chi connectivity index (χ1n) is 9.29. The molecule has 0 spiro atoms. The number of nitrogens with zero attached hydrogens (tertiary/aromatic N) is 2. The van der Waals surface area contributed by atoms with E-state index >= 15 is 0 Å². The number of benzene rings is 2. The van der Waals surface area contributed by atoms with Crippen LogP contribution in [0, 0.1) is 11.3 Å². The Hall–Kier alpha value is -4.32. The zero-order valence-electron chi connectivity index (χ0n) is 17.2. The fourth-order valence-electron chi connectivity index (χ4n) is 3.84. The topological polar surface area (TPSA) is 152 Å². The second-order valence-electron chi connectivity index (χ2n) is 6.91. The number of fused-ring (bicyclic) bond motifs is 2. The van der Waals surface area contributed by atoms with E-state index in [1.807, 2.05) is 24.3 Å². The highest BCUT2D eigenvalue weighted by atomic mass is 16.5. The molecule has 0 aliphatic carbocycles. The number of nitrogen functional groups attached to an aromatic ring is 3. The van der Waals surface area contributed by atoms with Gasteiger partial charge in [-0.25, -0.2) is 0 Å². The van der Waals surface area contributed by atoms with Gasteiger partial charge in [-0.3, -0.25) is 0 Å².